The highest BCUT2D eigenvalue weighted by molar-refractivity contribution is 6.40. The largest absolute Gasteiger partial charge is 0.480 e. The van der Waals surface area contributed by atoms with Crippen LogP contribution in [0.2, 0.25) is 6.32 Å². The Kier molecular flexibility index (Phi) is 12.7. The molecular formula is C20H33BCl2N2O6. The van der Waals surface area contributed by atoms with Crippen LogP contribution < -0.4 is 5.73 Å². The second-order valence-corrected chi connectivity index (χ2v) is 7.82. The maximum absolute atomic E-state index is 11.8. The van der Waals surface area contributed by atoms with Crippen LogP contribution in [0.1, 0.15) is 50.3 Å². The van der Waals surface area contributed by atoms with Crippen LogP contribution in [-0.4, -0.2) is 57.2 Å². The summed E-state index contributed by atoms with van der Waals surface area (Å²) < 4.78 is 6.03. The third kappa shape index (κ3) is 7.64. The molecule has 0 bridgehead atoms. The molecule has 1 aliphatic rings. The van der Waals surface area contributed by atoms with E-state index < -0.39 is 18.6 Å². The third-order valence-corrected chi connectivity index (χ3v) is 5.74. The number of benzene rings is 1. The Hall–Kier alpha value is -1.33. The van der Waals surface area contributed by atoms with Gasteiger partial charge < -0.3 is 30.8 Å². The van der Waals surface area contributed by atoms with Crippen molar-refractivity contribution in [3.05, 3.63) is 36.1 Å². The number of furan rings is 1. The van der Waals surface area contributed by atoms with Crippen LogP contribution in [0.5, 0.6) is 0 Å². The molecule has 1 aromatic heterocycles. The fourth-order valence-corrected chi connectivity index (χ4v) is 4.03. The number of aliphatic carboxylic acids is 1. The zero-order valence-corrected chi connectivity index (χ0v) is 19.0. The van der Waals surface area contributed by atoms with Gasteiger partial charge in [-0.3, -0.25) is 9.69 Å². The number of para-hydroxylation sites is 1. The fraction of sp³-hybridized carbons (Fsp3) is 0.550. The van der Waals surface area contributed by atoms with Crippen molar-refractivity contribution in [1.29, 1.82) is 0 Å². The Morgan fingerprint density at radius 1 is 1.23 bits per heavy atom. The highest BCUT2D eigenvalue weighted by Crippen LogP contribution is 2.35. The molecule has 1 saturated heterocycles. The second kappa shape index (κ2) is 13.3. The van der Waals surface area contributed by atoms with Crippen molar-refractivity contribution in [2.75, 3.05) is 13.1 Å². The van der Waals surface area contributed by atoms with E-state index >= 15 is 0 Å². The molecule has 7 N–H and O–H groups in total. The van der Waals surface area contributed by atoms with Crippen molar-refractivity contribution >= 4 is 48.9 Å². The number of carboxylic acid groups (broad SMARTS) is 1. The predicted molar refractivity (Wildman–Crippen MR) is 126 cm³/mol. The molecule has 2 atom stereocenters. The standard InChI is InChI=1S/C20H29BN2O5.2ClH.H2O/c22-20(19(24)25,9-3-4-11-21(26)27)10-13-23-12-5-7-16(23)18-14-15-6-1-2-8-17(15)28-18;;;/h1-2,6,8,14,16,26-27H,3-5,7,9-13,22H2,(H,24,25);2*1H;1H2. The molecule has 2 aromatic rings. The van der Waals surface area contributed by atoms with Crippen molar-refractivity contribution < 1.29 is 29.8 Å². The van der Waals surface area contributed by atoms with Gasteiger partial charge in [-0.25, -0.2) is 0 Å². The van der Waals surface area contributed by atoms with Crippen LogP contribution in [-0.2, 0) is 4.79 Å². The first-order chi connectivity index (χ1) is 13.4. The number of unbranched alkanes of at least 4 members (excludes halogenated alkanes) is 1. The molecule has 2 unspecified atom stereocenters. The molecule has 0 radical (unpaired) electrons. The number of fused-ring (bicyclic) bond motifs is 1. The van der Waals surface area contributed by atoms with E-state index in [2.05, 4.69) is 11.0 Å². The minimum absolute atomic E-state index is 0. The Morgan fingerprint density at radius 3 is 2.58 bits per heavy atom. The summed E-state index contributed by atoms with van der Waals surface area (Å²) in [6.45, 7) is 1.49. The van der Waals surface area contributed by atoms with E-state index in [9.17, 15) is 9.90 Å². The minimum Gasteiger partial charge on any atom is -0.480 e. The summed E-state index contributed by atoms with van der Waals surface area (Å²) >= 11 is 0. The summed E-state index contributed by atoms with van der Waals surface area (Å²) in [5.74, 6) is -0.0786. The maximum Gasteiger partial charge on any atom is 0.451 e. The third-order valence-electron chi connectivity index (χ3n) is 5.74. The van der Waals surface area contributed by atoms with Crippen molar-refractivity contribution in [2.24, 2.45) is 5.73 Å². The second-order valence-electron chi connectivity index (χ2n) is 7.82. The summed E-state index contributed by atoms with van der Waals surface area (Å²) in [6, 6.07) is 10.1. The molecule has 11 heteroatoms. The van der Waals surface area contributed by atoms with Gasteiger partial charge in [0.25, 0.3) is 0 Å². The summed E-state index contributed by atoms with van der Waals surface area (Å²) in [6.07, 6.45) is 4.01. The summed E-state index contributed by atoms with van der Waals surface area (Å²) in [4.78, 5) is 14.0. The van der Waals surface area contributed by atoms with Gasteiger partial charge in [0, 0.05) is 11.9 Å². The number of halogens is 2. The van der Waals surface area contributed by atoms with Crippen LogP contribution in [0.15, 0.2) is 34.7 Å². The van der Waals surface area contributed by atoms with Crippen LogP contribution in [0.4, 0.5) is 0 Å². The van der Waals surface area contributed by atoms with E-state index in [1.165, 1.54) is 0 Å². The van der Waals surface area contributed by atoms with E-state index in [1.54, 1.807) is 0 Å². The highest BCUT2D eigenvalue weighted by Gasteiger charge is 2.36. The number of nitrogens with zero attached hydrogens (tertiary/aromatic N) is 1. The first kappa shape index (κ1) is 29.7. The van der Waals surface area contributed by atoms with Crippen molar-refractivity contribution in [2.45, 2.75) is 56.4 Å². The van der Waals surface area contributed by atoms with E-state index in [4.69, 9.17) is 20.2 Å². The normalized spacial score (nSPS) is 17.8. The lowest BCUT2D eigenvalue weighted by Gasteiger charge is -2.29. The van der Waals surface area contributed by atoms with Crippen LogP contribution >= 0.6 is 24.8 Å². The first-order valence-electron chi connectivity index (χ1n) is 10.00. The molecule has 3 rings (SSSR count). The lowest BCUT2D eigenvalue weighted by molar-refractivity contribution is -0.144. The predicted octanol–water partition coefficient (Wildman–Crippen LogP) is 2.40. The summed E-state index contributed by atoms with van der Waals surface area (Å²) in [5.41, 5.74) is 5.77. The Balaban J connectivity index is 0.00000300. The van der Waals surface area contributed by atoms with Gasteiger partial charge in [-0.05, 0) is 50.7 Å². The molecule has 1 fully saturated rings. The average Bonchev–Trinajstić information content (AvgIpc) is 3.29. The molecule has 8 nitrogen and oxygen atoms in total. The van der Waals surface area contributed by atoms with E-state index in [-0.39, 0.29) is 42.7 Å². The average molecular weight is 479 g/mol. The number of nitrogens with two attached hydrogens (primary N) is 1. The number of rotatable bonds is 10. The van der Waals surface area contributed by atoms with Crippen molar-refractivity contribution in [3.63, 3.8) is 0 Å². The summed E-state index contributed by atoms with van der Waals surface area (Å²) in [5, 5.41) is 28.6. The minimum atomic E-state index is -1.36. The van der Waals surface area contributed by atoms with Crippen LogP contribution in [0.25, 0.3) is 11.0 Å². The van der Waals surface area contributed by atoms with E-state index in [1.807, 2.05) is 24.3 Å². The molecule has 0 spiro atoms. The van der Waals surface area contributed by atoms with Gasteiger partial charge in [-0.15, -0.1) is 24.8 Å². The van der Waals surface area contributed by atoms with Gasteiger partial charge in [0.2, 0.25) is 0 Å². The topological polar surface area (TPSA) is 152 Å². The zero-order valence-electron chi connectivity index (χ0n) is 17.4. The summed E-state index contributed by atoms with van der Waals surface area (Å²) in [7, 11) is -1.36. The molecule has 2 heterocycles. The van der Waals surface area contributed by atoms with Gasteiger partial charge in [-0.1, -0.05) is 31.0 Å². The van der Waals surface area contributed by atoms with Gasteiger partial charge >= 0.3 is 13.1 Å². The number of likely N-dealkylation sites (tertiary alicyclic amines) is 1. The smallest absolute Gasteiger partial charge is 0.451 e. The van der Waals surface area contributed by atoms with Crippen LogP contribution in [0.3, 0.4) is 0 Å². The number of carboxylic acids is 1. The molecule has 176 valence electrons. The molecule has 0 aliphatic carbocycles. The number of carbonyl (C=O) groups is 1. The Labute approximate surface area is 195 Å². The molecule has 0 saturated carbocycles. The van der Waals surface area contributed by atoms with E-state index in [0.29, 0.717) is 32.2 Å². The lowest BCUT2D eigenvalue weighted by atomic mass is 9.81. The zero-order chi connectivity index (χ0) is 20.1. The molecule has 1 aliphatic heterocycles. The van der Waals surface area contributed by atoms with Crippen LogP contribution in [0, 0.1) is 0 Å². The quantitative estimate of drug-likeness (QED) is 0.302. The Morgan fingerprint density at radius 2 is 1.94 bits per heavy atom. The Bertz CT molecular complexity index is 776. The van der Waals surface area contributed by atoms with Crippen molar-refractivity contribution in [1.82, 2.24) is 4.90 Å². The SMILES string of the molecule is Cl.Cl.NC(CCCCB(O)O)(CCN1CCCC1c1cc2ccccc2o1)C(=O)O.O. The molecule has 31 heavy (non-hydrogen) atoms. The van der Waals surface area contributed by atoms with Gasteiger partial charge in [-0.2, -0.15) is 0 Å². The van der Waals surface area contributed by atoms with Crippen molar-refractivity contribution in [3.8, 4) is 0 Å². The number of hydrogen-bond acceptors (Lipinski definition) is 6. The lowest BCUT2D eigenvalue weighted by Crippen LogP contribution is -2.50. The van der Waals surface area contributed by atoms with Gasteiger partial charge in [0.05, 0.1) is 6.04 Å². The van der Waals surface area contributed by atoms with Gasteiger partial charge in [0.15, 0.2) is 0 Å². The maximum atomic E-state index is 11.8. The monoisotopic (exact) mass is 478 g/mol. The van der Waals surface area contributed by atoms with E-state index in [0.717, 1.165) is 36.1 Å². The molecule has 0 amide bonds. The van der Waals surface area contributed by atoms with Gasteiger partial charge in [0.1, 0.15) is 16.9 Å². The highest BCUT2D eigenvalue weighted by atomic mass is 35.5. The first-order valence-corrected chi connectivity index (χ1v) is 10.00. The molecule has 1 aromatic carbocycles. The molecular weight excluding hydrogens is 446 g/mol. The number of hydrogen-bond donors (Lipinski definition) is 4. The fourth-order valence-electron chi connectivity index (χ4n) is 4.03.